The SMILES string of the molecule is CCCNC(CCC)COC(C)C(C)C. The normalized spacial score (nSPS) is 15.6. The third-order valence-electron chi connectivity index (χ3n) is 2.82. The fourth-order valence-electron chi connectivity index (χ4n) is 1.40. The number of ether oxygens (including phenoxy) is 1. The first-order chi connectivity index (χ1) is 7.11. The highest BCUT2D eigenvalue weighted by atomic mass is 16.5. The maximum absolute atomic E-state index is 5.85. The first kappa shape index (κ1) is 14.9. The van der Waals surface area contributed by atoms with Gasteiger partial charge in [0.2, 0.25) is 0 Å². The van der Waals surface area contributed by atoms with E-state index in [-0.39, 0.29) is 0 Å². The van der Waals surface area contributed by atoms with Crippen molar-refractivity contribution in [2.75, 3.05) is 13.2 Å². The average molecular weight is 215 g/mol. The first-order valence-electron chi connectivity index (χ1n) is 6.46. The van der Waals surface area contributed by atoms with E-state index in [0.717, 1.165) is 13.2 Å². The summed E-state index contributed by atoms with van der Waals surface area (Å²) in [6.07, 6.45) is 4.00. The molecule has 0 saturated carbocycles. The van der Waals surface area contributed by atoms with E-state index in [1.165, 1.54) is 19.3 Å². The second kappa shape index (κ2) is 9.17. The summed E-state index contributed by atoms with van der Waals surface area (Å²) >= 11 is 0. The monoisotopic (exact) mass is 215 g/mol. The van der Waals surface area contributed by atoms with Gasteiger partial charge in [-0.3, -0.25) is 0 Å². The van der Waals surface area contributed by atoms with Crippen molar-refractivity contribution in [2.24, 2.45) is 5.92 Å². The molecule has 15 heavy (non-hydrogen) atoms. The Kier molecular flexibility index (Phi) is 9.12. The van der Waals surface area contributed by atoms with Crippen molar-refractivity contribution in [3.8, 4) is 0 Å². The zero-order valence-corrected chi connectivity index (χ0v) is 11.2. The van der Waals surface area contributed by atoms with Crippen LogP contribution in [0.3, 0.4) is 0 Å². The lowest BCUT2D eigenvalue weighted by Gasteiger charge is -2.22. The number of hydrogen-bond acceptors (Lipinski definition) is 2. The maximum Gasteiger partial charge on any atom is 0.0623 e. The van der Waals surface area contributed by atoms with Crippen LogP contribution in [-0.2, 0) is 4.74 Å². The summed E-state index contributed by atoms with van der Waals surface area (Å²) in [5.41, 5.74) is 0. The van der Waals surface area contributed by atoms with Gasteiger partial charge in [-0.05, 0) is 32.2 Å². The maximum atomic E-state index is 5.85. The van der Waals surface area contributed by atoms with Crippen LogP contribution in [0.5, 0.6) is 0 Å². The van der Waals surface area contributed by atoms with Gasteiger partial charge in [-0.2, -0.15) is 0 Å². The molecule has 0 aromatic rings. The predicted molar refractivity (Wildman–Crippen MR) is 67.2 cm³/mol. The number of rotatable bonds is 9. The van der Waals surface area contributed by atoms with Crippen molar-refractivity contribution in [3.63, 3.8) is 0 Å². The summed E-state index contributed by atoms with van der Waals surface area (Å²) in [7, 11) is 0. The molecule has 0 rings (SSSR count). The zero-order chi connectivity index (χ0) is 11.7. The zero-order valence-electron chi connectivity index (χ0n) is 11.2. The Labute approximate surface area is 95.8 Å². The second-order valence-electron chi connectivity index (χ2n) is 4.72. The summed E-state index contributed by atoms with van der Waals surface area (Å²) in [5, 5.41) is 3.54. The van der Waals surface area contributed by atoms with Crippen LogP contribution >= 0.6 is 0 Å². The highest BCUT2D eigenvalue weighted by molar-refractivity contribution is 4.66. The first-order valence-corrected chi connectivity index (χ1v) is 6.46. The smallest absolute Gasteiger partial charge is 0.0623 e. The van der Waals surface area contributed by atoms with Gasteiger partial charge in [0.1, 0.15) is 0 Å². The lowest BCUT2D eigenvalue weighted by molar-refractivity contribution is 0.0208. The number of nitrogens with one attached hydrogen (secondary N) is 1. The number of hydrogen-bond donors (Lipinski definition) is 1. The van der Waals surface area contributed by atoms with Crippen LogP contribution in [0.25, 0.3) is 0 Å². The van der Waals surface area contributed by atoms with E-state index >= 15 is 0 Å². The minimum Gasteiger partial charge on any atom is -0.377 e. The standard InChI is InChI=1S/C13H29NO/c1-6-8-13(14-9-7-2)10-15-12(5)11(3)4/h11-14H,6-10H2,1-5H3. The van der Waals surface area contributed by atoms with Gasteiger partial charge in [-0.15, -0.1) is 0 Å². The molecule has 0 fully saturated rings. The van der Waals surface area contributed by atoms with Crippen LogP contribution in [0.15, 0.2) is 0 Å². The van der Waals surface area contributed by atoms with Crippen LogP contribution in [0.2, 0.25) is 0 Å². The van der Waals surface area contributed by atoms with Crippen molar-refractivity contribution in [1.29, 1.82) is 0 Å². The van der Waals surface area contributed by atoms with Gasteiger partial charge in [0.05, 0.1) is 12.7 Å². The van der Waals surface area contributed by atoms with E-state index in [0.29, 0.717) is 18.1 Å². The van der Waals surface area contributed by atoms with Gasteiger partial charge in [0.15, 0.2) is 0 Å². The Morgan fingerprint density at radius 3 is 2.20 bits per heavy atom. The molecule has 0 spiro atoms. The Bertz CT molecular complexity index is 136. The van der Waals surface area contributed by atoms with Gasteiger partial charge in [0, 0.05) is 6.04 Å². The molecule has 2 unspecified atom stereocenters. The Balaban J connectivity index is 3.73. The van der Waals surface area contributed by atoms with E-state index in [1.807, 2.05) is 0 Å². The predicted octanol–water partition coefficient (Wildman–Crippen LogP) is 3.22. The molecule has 0 amide bonds. The summed E-state index contributed by atoms with van der Waals surface area (Å²) < 4.78 is 5.85. The third kappa shape index (κ3) is 7.80. The van der Waals surface area contributed by atoms with Crippen LogP contribution in [0.1, 0.15) is 53.9 Å². The van der Waals surface area contributed by atoms with Gasteiger partial charge in [-0.25, -0.2) is 0 Å². The molecular weight excluding hydrogens is 186 g/mol. The fourth-order valence-corrected chi connectivity index (χ4v) is 1.40. The van der Waals surface area contributed by atoms with Crippen molar-refractivity contribution < 1.29 is 4.74 Å². The molecule has 0 aliphatic carbocycles. The van der Waals surface area contributed by atoms with E-state index in [4.69, 9.17) is 4.74 Å². The Morgan fingerprint density at radius 1 is 1.07 bits per heavy atom. The Hall–Kier alpha value is -0.0800. The van der Waals surface area contributed by atoms with Gasteiger partial charge in [0.25, 0.3) is 0 Å². The molecule has 0 saturated heterocycles. The van der Waals surface area contributed by atoms with Gasteiger partial charge >= 0.3 is 0 Å². The molecular formula is C13H29NO. The highest BCUT2D eigenvalue weighted by Crippen LogP contribution is 2.07. The lowest BCUT2D eigenvalue weighted by atomic mass is 10.1. The van der Waals surface area contributed by atoms with E-state index in [9.17, 15) is 0 Å². The fraction of sp³-hybridized carbons (Fsp3) is 1.00. The van der Waals surface area contributed by atoms with Crippen molar-refractivity contribution in [1.82, 2.24) is 5.32 Å². The van der Waals surface area contributed by atoms with Crippen molar-refractivity contribution >= 4 is 0 Å². The van der Waals surface area contributed by atoms with Crippen molar-refractivity contribution in [2.45, 2.75) is 66.0 Å². The summed E-state index contributed by atoms with van der Waals surface area (Å²) in [4.78, 5) is 0. The molecule has 0 aliphatic heterocycles. The topological polar surface area (TPSA) is 21.3 Å². The molecule has 0 radical (unpaired) electrons. The largest absolute Gasteiger partial charge is 0.377 e. The van der Waals surface area contributed by atoms with Gasteiger partial charge in [-0.1, -0.05) is 34.1 Å². The van der Waals surface area contributed by atoms with Crippen LogP contribution in [0, 0.1) is 5.92 Å². The summed E-state index contributed by atoms with van der Waals surface area (Å²) in [6, 6.07) is 0.538. The molecule has 0 aromatic carbocycles. The molecule has 0 heterocycles. The van der Waals surface area contributed by atoms with Crippen LogP contribution in [-0.4, -0.2) is 25.3 Å². The second-order valence-corrected chi connectivity index (χ2v) is 4.72. The molecule has 92 valence electrons. The van der Waals surface area contributed by atoms with Gasteiger partial charge < -0.3 is 10.1 Å². The highest BCUT2D eigenvalue weighted by Gasteiger charge is 2.11. The molecule has 2 nitrogen and oxygen atoms in total. The summed E-state index contributed by atoms with van der Waals surface area (Å²) in [6.45, 7) is 13.0. The lowest BCUT2D eigenvalue weighted by Crippen LogP contribution is -2.35. The minimum absolute atomic E-state index is 0.368. The molecule has 1 N–H and O–H groups in total. The molecule has 2 atom stereocenters. The van der Waals surface area contributed by atoms with Crippen LogP contribution < -0.4 is 5.32 Å². The third-order valence-corrected chi connectivity index (χ3v) is 2.82. The molecule has 0 aliphatic rings. The van der Waals surface area contributed by atoms with Crippen LogP contribution in [0.4, 0.5) is 0 Å². The average Bonchev–Trinajstić information content (AvgIpc) is 2.21. The van der Waals surface area contributed by atoms with E-state index < -0.39 is 0 Å². The van der Waals surface area contributed by atoms with Crippen molar-refractivity contribution in [3.05, 3.63) is 0 Å². The Morgan fingerprint density at radius 2 is 1.73 bits per heavy atom. The molecule has 2 heteroatoms. The quantitative estimate of drug-likeness (QED) is 0.637. The summed E-state index contributed by atoms with van der Waals surface area (Å²) in [5.74, 6) is 0.610. The van der Waals surface area contributed by atoms with E-state index in [1.54, 1.807) is 0 Å². The minimum atomic E-state index is 0.368. The van der Waals surface area contributed by atoms with E-state index in [2.05, 4.69) is 39.9 Å². The molecule has 0 bridgehead atoms. The molecule has 0 aromatic heterocycles.